The summed E-state index contributed by atoms with van der Waals surface area (Å²) in [5.41, 5.74) is 0.410. The normalized spacial score (nSPS) is 22.2. The first kappa shape index (κ1) is 38.5. The van der Waals surface area contributed by atoms with Crippen molar-refractivity contribution < 1.29 is 37.0 Å². The maximum absolute atomic E-state index is 15.7. The van der Waals surface area contributed by atoms with Crippen LogP contribution in [0.2, 0.25) is 0 Å². The van der Waals surface area contributed by atoms with Crippen LogP contribution in [0.1, 0.15) is 48.7 Å². The number of rotatable bonds is 13. The Morgan fingerprint density at radius 3 is 2.20 bits per heavy atom. The van der Waals surface area contributed by atoms with E-state index in [1.165, 1.54) is 22.2 Å². The maximum Gasteiger partial charge on any atom is 0.330 e. The smallest absolute Gasteiger partial charge is 0.330 e. The molecule has 2 fully saturated rings. The van der Waals surface area contributed by atoms with Crippen molar-refractivity contribution in [2.75, 3.05) is 13.2 Å². The summed E-state index contributed by atoms with van der Waals surface area (Å²) in [7, 11) is -4.31. The molecule has 0 unspecified atom stereocenters. The number of benzene rings is 4. The van der Waals surface area contributed by atoms with Crippen LogP contribution >= 0.6 is 0 Å². The highest BCUT2D eigenvalue weighted by molar-refractivity contribution is 7.90. The molecule has 0 saturated carbocycles. The number of amides is 1. The average Bonchev–Trinajstić information content (AvgIpc) is 3.81. The van der Waals surface area contributed by atoms with E-state index < -0.39 is 51.5 Å². The van der Waals surface area contributed by atoms with Crippen LogP contribution in [0.5, 0.6) is 0 Å². The second-order valence-corrected chi connectivity index (χ2v) is 15.7. The van der Waals surface area contributed by atoms with Gasteiger partial charge in [0.25, 0.3) is 10.0 Å². The summed E-state index contributed by atoms with van der Waals surface area (Å²) in [5.74, 6) is -3.15. The summed E-state index contributed by atoms with van der Waals surface area (Å²) in [6, 6.07) is 33.1. The lowest BCUT2D eigenvalue weighted by Crippen LogP contribution is -2.64. The fourth-order valence-electron chi connectivity index (χ4n) is 8.36. The first-order valence-electron chi connectivity index (χ1n) is 18.8. The van der Waals surface area contributed by atoms with E-state index >= 15 is 9.59 Å². The Balaban J connectivity index is 1.49. The van der Waals surface area contributed by atoms with Crippen LogP contribution in [0.3, 0.4) is 0 Å². The fraction of sp³-hybridized carbons (Fsp3) is 0.267. The Morgan fingerprint density at radius 1 is 0.893 bits per heavy atom. The van der Waals surface area contributed by atoms with Crippen LogP contribution in [0.4, 0.5) is 0 Å². The first-order chi connectivity index (χ1) is 27.2. The van der Waals surface area contributed by atoms with Gasteiger partial charge in [-0.2, -0.15) is 0 Å². The van der Waals surface area contributed by atoms with Crippen molar-refractivity contribution in [2.45, 2.75) is 50.5 Å². The standard InChI is InChI=1S/C45H44N2O8S/c1-4-34-37(5-2)45(44(50)55-29-31-18-10-7-11-19-31,43(49)46-40(30-54-42(34)46)32-20-12-8-13-21-32)28-36-35-24-16-17-25-38(35)47(39(36)26-27-41(48)53-6-3)56(51,52)33-22-14-9-15-23-33/h5,7-27,34,37,40,42H,2,4,6,28-30H2,1,3H3/b27-26+/t34-,37+,40-,42+,45+/m0/s1. The highest BCUT2D eigenvalue weighted by atomic mass is 32.2. The molecule has 2 saturated heterocycles. The van der Waals surface area contributed by atoms with E-state index in [4.69, 9.17) is 14.2 Å². The number of carbonyl (C=O) groups excluding carboxylic acids is 3. The van der Waals surface area contributed by atoms with Crippen molar-refractivity contribution in [1.29, 1.82) is 0 Å². The van der Waals surface area contributed by atoms with E-state index in [0.717, 1.165) is 17.2 Å². The largest absolute Gasteiger partial charge is 0.463 e. The third-order valence-electron chi connectivity index (χ3n) is 10.9. The Hall–Kier alpha value is -5.78. The molecule has 2 aliphatic rings. The molecule has 0 aliphatic carbocycles. The summed E-state index contributed by atoms with van der Waals surface area (Å²) >= 11 is 0. The van der Waals surface area contributed by atoms with E-state index in [-0.39, 0.29) is 42.7 Å². The molecule has 2 aliphatic heterocycles. The number of hydrogen-bond acceptors (Lipinski definition) is 8. The molecule has 5 atom stereocenters. The Labute approximate surface area is 327 Å². The van der Waals surface area contributed by atoms with Gasteiger partial charge in [0.15, 0.2) is 5.41 Å². The second-order valence-electron chi connectivity index (χ2n) is 14.0. The lowest BCUT2D eigenvalue weighted by atomic mass is 9.61. The molecular weight excluding hydrogens is 729 g/mol. The zero-order valence-corrected chi connectivity index (χ0v) is 32.1. The number of para-hydroxylation sites is 1. The highest BCUT2D eigenvalue weighted by Crippen LogP contribution is 2.53. The minimum absolute atomic E-state index is 0.0154. The molecule has 0 radical (unpaired) electrons. The third-order valence-corrected chi connectivity index (χ3v) is 12.7. The van der Waals surface area contributed by atoms with Gasteiger partial charge in [0, 0.05) is 29.7 Å². The molecular formula is C45H44N2O8S. The van der Waals surface area contributed by atoms with Crippen molar-refractivity contribution >= 4 is 44.8 Å². The molecule has 0 bridgehead atoms. The van der Waals surface area contributed by atoms with Crippen LogP contribution < -0.4 is 0 Å². The van der Waals surface area contributed by atoms with Gasteiger partial charge in [-0.05, 0) is 54.3 Å². The molecule has 0 spiro atoms. The zero-order chi connectivity index (χ0) is 39.5. The molecule has 288 valence electrons. The highest BCUT2D eigenvalue weighted by Gasteiger charge is 2.65. The Bertz CT molecular complexity index is 2380. The fourth-order valence-corrected chi connectivity index (χ4v) is 9.92. The number of ether oxygens (including phenoxy) is 3. The average molecular weight is 773 g/mol. The zero-order valence-electron chi connectivity index (χ0n) is 31.3. The van der Waals surface area contributed by atoms with Gasteiger partial charge < -0.3 is 19.1 Å². The number of fused-ring (bicyclic) bond motifs is 2. The summed E-state index contributed by atoms with van der Waals surface area (Å²) in [6.45, 7) is 8.07. The number of hydrogen-bond donors (Lipinski definition) is 0. The van der Waals surface area contributed by atoms with Gasteiger partial charge in [0.2, 0.25) is 5.91 Å². The van der Waals surface area contributed by atoms with Crippen LogP contribution in [0, 0.1) is 17.3 Å². The van der Waals surface area contributed by atoms with Crippen LogP contribution in [-0.4, -0.2) is 54.6 Å². The van der Waals surface area contributed by atoms with E-state index in [1.807, 2.05) is 67.6 Å². The minimum atomic E-state index is -4.31. The number of esters is 2. The second kappa shape index (κ2) is 16.1. The van der Waals surface area contributed by atoms with Crippen molar-refractivity contribution in [3.05, 3.63) is 156 Å². The first-order valence-corrected chi connectivity index (χ1v) is 20.2. The van der Waals surface area contributed by atoms with Crippen molar-refractivity contribution in [2.24, 2.45) is 17.3 Å². The van der Waals surface area contributed by atoms with Gasteiger partial charge in [0.05, 0.1) is 35.4 Å². The molecule has 4 aromatic carbocycles. The molecule has 1 aromatic heterocycles. The molecule has 0 N–H and O–H groups in total. The molecule has 7 rings (SSSR count). The van der Waals surface area contributed by atoms with Gasteiger partial charge in [-0.1, -0.05) is 110 Å². The molecule has 5 aromatic rings. The van der Waals surface area contributed by atoms with Gasteiger partial charge in [-0.25, -0.2) is 17.2 Å². The van der Waals surface area contributed by atoms with Crippen LogP contribution in [0.25, 0.3) is 17.0 Å². The van der Waals surface area contributed by atoms with Crippen LogP contribution in [0.15, 0.2) is 139 Å². The number of carbonyl (C=O) groups is 3. The molecule has 11 heteroatoms. The monoisotopic (exact) mass is 772 g/mol. The number of nitrogens with zero attached hydrogens (tertiary/aromatic N) is 2. The third kappa shape index (κ3) is 6.75. The lowest BCUT2D eigenvalue weighted by molar-refractivity contribution is -0.188. The van der Waals surface area contributed by atoms with E-state index in [0.29, 0.717) is 22.9 Å². The van der Waals surface area contributed by atoms with Crippen molar-refractivity contribution in [1.82, 2.24) is 8.87 Å². The topological polar surface area (TPSA) is 121 Å². The van der Waals surface area contributed by atoms with E-state index in [1.54, 1.807) is 60.4 Å². The summed E-state index contributed by atoms with van der Waals surface area (Å²) in [4.78, 5) is 45.5. The van der Waals surface area contributed by atoms with Gasteiger partial charge in [0.1, 0.15) is 12.8 Å². The number of piperidine rings is 1. The van der Waals surface area contributed by atoms with E-state index in [2.05, 4.69) is 6.58 Å². The molecule has 10 nitrogen and oxygen atoms in total. The number of allylic oxidation sites excluding steroid dienone is 1. The Morgan fingerprint density at radius 2 is 1.54 bits per heavy atom. The van der Waals surface area contributed by atoms with Crippen LogP contribution in [-0.2, 0) is 51.6 Å². The van der Waals surface area contributed by atoms with Gasteiger partial charge in [-0.15, -0.1) is 6.58 Å². The lowest BCUT2D eigenvalue weighted by Gasteiger charge is -2.51. The molecule has 56 heavy (non-hydrogen) atoms. The number of aromatic nitrogens is 1. The van der Waals surface area contributed by atoms with E-state index in [9.17, 15) is 13.2 Å². The van der Waals surface area contributed by atoms with Crippen molar-refractivity contribution in [3.63, 3.8) is 0 Å². The SMILES string of the molecule is C=C[C@@H]1[C@H](CC)[C@H]2OC[C@@H](c3ccccc3)N2C(=O)[C@]1(Cc1c(/C=C/C(=O)OCC)n(S(=O)(=O)c2ccccc2)c2ccccc12)C(=O)OCc1ccccc1. The predicted molar refractivity (Wildman–Crippen MR) is 212 cm³/mol. The maximum atomic E-state index is 15.7. The summed E-state index contributed by atoms with van der Waals surface area (Å²) < 4.78 is 48.3. The van der Waals surface area contributed by atoms with Gasteiger partial charge in [-0.3, -0.25) is 9.59 Å². The molecule has 3 heterocycles. The molecule has 1 amide bonds. The summed E-state index contributed by atoms with van der Waals surface area (Å²) in [6.07, 6.45) is 3.78. The Kier molecular flexibility index (Phi) is 11.1. The predicted octanol–water partition coefficient (Wildman–Crippen LogP) is 7.50. The summed E-state index contributed by atoms with van der Waals surface area (Å²) in [5, 5.41) is 0.480. The van der Waals surface area contributed by atoms with Gasteiger partial charge >= 0.3 is 11.9 Å². The van der Waals surface area contributed by atoms with Crippen molar-refractivity contribution in [3.8, 4) is 0 Å². The quantitative estimate of drug-likeness (QED) is 0.0523. The minimum Gasteiger partial charge on any atom is -0.463 e.